The first-order chi connectivity index (χ1) is 24.9. The highest BCUT2D eigenvalue weighted by molar-refractivity contribution is 8.04. The summed E-state index contributed by atoms with van der Waals surface area (Å²) in [5, 5.41) is 58.0. The van der Waals surface area contributed by atoms with Gasteiger partial charge in [-0.05, 0) is 0 Å². The molecule has 20 heteroatoms. The van der Waals surface area contributed by atoms with Crippen molar-refractivity contribution in [3.05, 3.63) is 56.9 Å². The number of allylic oxidation sites excluding steroid dienone is 4. The molecule has 2 aromatic rings. The zero-order chi connectivity index (χ0) is 39.5. The molecule has 3 amide bonds. The fourth-order valence-electron chi connectivity index (χ4n) is 4.43. The second-order valence-corrected chi connectivity index (χ2v) is 15.5. The number of thioether (sulfide) groups is 2. The molecule has 2 heterocycles. The largest absolute Gasteiger partial charge is 0.396 e. The summed E-state index contributed by atoms with van der Waals surface area (Å²) in [4.78, 5) is 84.2. The first kappa shape index (κ1) is 42.9. The molecule has 0 bridgehead atoms. The topological polar surface area (TPSA) is 294 Å². The van der Waals surface area contributed by atoms with E-state index in [0.29, 0.717) is 16.4 Å². The number of hydrogen-bond donors (Lipinski definition) is 9. The summed E-state index contributed by atoms with van der Waals surface area (Å²) in [5.41, 5.74) is -1.07. The first-order valence-corrected chi connectivity index (χ1v) is 18.3. The van der Waals surface area contributed by atoms with Crippen molar-refractivity contribution in [2.75, 3.05) is 44.4 Å². The number of carbonyl (C=O) groups excluding carboxylic acids is 7. The average Bonchev–Trinajstić information content (AvgIpc) is 3.84. The summed E-state index contributed by atoms with van der Waals surface area (Å²) < 4.78 is 0. The van der Waals surface area contributed by atoms with Gasteiger partial charge in [-0.25, -0.2) is 0 Å². The summed E-state index contributed by atoms with van der Waals surface area (Å²) in [6, 6.07) is 0. The smallest absolute Gasteiger partial charge is 0.249 e. The van der Waals surface area contributed by atoms with E-state index >= 15 is 0 Å². The van der Waals surface area contributed by atoms with Gasteiger partial charge in [0.25, 0.3) is 0 Å². The second-order valence-electron chi connectivity index (χ2n) is 13.2. The van der Waals surface area contributed by atoms with E-state index in [9.17, 15) is 43.8 Å². The van der Waals surface area contributed by atoms with Crippen molar-refractivity contribution in [1.29, 1.82) is 0 Å². The van der Waals surface area contributed by atoms with Crippen molar-refractivity contribution in [2.45, 2.75) is 46.3 Å². The van der Waals surface area contributed by atoms with Gasteiger partial charge in [0.15, 0.2) is 0 Å². The molecule has 0 aliphatic heterocycles. The molecule has 2 aromatic heterocycles. The Hall–Kier alpha value is -4.47. The maximum absolute atomic E-state index is 12.2. The minimum atomic E-state index is -1.36. The van der Waals surface area contributed by atoms with Gasteiger partial charge in [-0.1, -0.05) is 27.7 Å². The molecular formula is C33H43N7O11S2. The molecule has 0 aromatic carbocycles. The quantitative estimate of drug-likeness (QED) is 0.0899. The first-order valence-electron chi connectivity index (χ1n) is 16.3. The molecule has 53 heavy (non-hydrogen) atoms. The fourth-order valence-corrected chi connectivity index (χ4v) is 6.22. The van der Waals surface area contributed by atoms with Gasteiger partial charge in [0, 0.05) is 60.5 Å². The van der Waals surface area contributed by atoms with E-state index in [0.717, 1.165) is 23.5 Å². The Labute approximate surface area is 312 Å². The van der Waals surface area contributed by atoms with Crippen LogP contribution in [0.25, 0.3) is 0 Å². The molecule has 288 valence electrons. The van der Waals surface area contributed by atoms with Gasteiger partial charge in [-0.15, -0.1) is 23.5 Å². The van der Waals surface area contributed by atoms with Gasteiger partial charge in [-0.2, -0.15) is 10.2 Å². The van der Waals surface area contributed by atoms with E-state index in [-0.39, 0.29) is 95.7 Å². The summed E-state index contributed by atoms with van der Waals surface area (Å²) in [6.07, 6.45) is 2.54. The van der Waals surface area contributed by atoms with Crippen LogP contribution in [0.4, 0.5) is 0 Å². The number of H-pyrrole nitrogens is 2. The molecule has 0 radical (unpaired) electrons. The Kier molecular flexibility index (Phi) is 15.4. The summed E-state index contributed by atoms with van der Waals surface area (Å²) in [5.74, 6) is -2.05. The van der Waals surface area contributed by atoms with E-state index in [4.69, 9.17) is 10.2 Å². The molecule has 2 aliphatic carbocycles. The van der Waals surface area contributed by atoms with Gasteiger partial charge in [0.1, 0.15) is 23.6 Å². The number of fused-ring (bicyclic) bond motifs is 2. The van der Waals surface area contributed by atoms with Crippen LogP contribution in [-0.4, -0.2) is 138 Å². The number of rotatable bonds is 17. The molecule has 0 fully saturated rings. The monoisotopic (exact) mass is 777 g/mol. The molecule has 2 unspecified atom stereocenters. The van der Waals surface area contributed by atoms with Crippen LogP contribution in [0.1, 0.15) is 75.8 Å². The standard InChI is InChI=1S/C18H24N4O6S.C15H19N3O5S/c1-18(2,9-23)16(27)17(28)20-5-4-19-13(25)3-6-29-12-7-11(24)14-10(15(12)26)8-21-22-14;1-15(2,7-19)13(22)14(23)16-3-4-24-10-5-9(20)11-8(12(10)21)6-17-18-11/h7-8,16,23,27H,3-6,9H2,1-2H3,(H,19,25)(H,20,28)(H,21,22);5-6,13,19,22H,3-4,7H2,1-2H3,(H,16,23)(H,17,18). The van der Waals surface area contributed by atoms with Gasteiger partial charge in [-0.3, -0.25) is 43.8 Å². The minimum absolute atomic E-state index is 0.121. The summed E-state index contributed by atoms with van der Waals surface area (Å²) in [7, 11) is 0. The Morgan fingerprint density at radius 2 is 1.11 bits per heavy atom. The minimum Gasteiger partial charge on any atom is -0.396 e. The van der Waals surface area contributed by atoms with Crippen LogP contribution in [0.3, 0.4) is 0 Å². The predicted octanol–water partition coefficient (Wildman–Crippen LogP) is -0.691. The van der Waals surface area contributed by atoms with Crippen LogP contribution in [0.5, 0.6) is 0 Å². The van der Waals surface area contributed by atoms with Crippen molar-refractivity contribution in [1.82, 2.24) is 36.3 Å². The molecule has 9 N–H and O–H groups in total. The molecule has 4 rings (SSSR count). The normalized spacial score (nSPS) is 15.2. The highest BCUT2D eigenvalue weighted by Gasteiger charge is 2.34. The zero-order valence-corrected chi connectivity index (χ0v) is 31.1. The SMILES string of the molecule is CC(C)(CO)C(O)C(=O)NCCNC(=O)CCSC1=CC(=O)c2[nH]ncc2C1=O.CC(C)(CO)C(O)C(=O)NCCSC1=CC(=O)c2[nH]ncc2C1=O. The number of carbonyl (C=O) groups is 7. The van der Waals surface area contributed by atoms with Gasteiger partial charge >= 0.3 is 0 Å². The molecule has 2 aliphatic rings. The van der Waals surface area contributed by atoms with E-state index in [1.54, 1.807) is 27.7 Å². The summed E-state index contributed by atoms with van der Waals surface area (Å²) in [6.45, 7) is 6.09. The Morgan fingerprint density at radius 3 is 1.57 bits per heavy atom. The molecular weight excluding hydrogens is 735 g/mol. The number of ketones is 4. The summed E-state index contributed by atoms with van der Waals surface area (Å²) >= 11 is 2.27. The zero-order valence-electron chi connectivity index (χ0n) is 29.5. The third-order valence-corrected chi connectivity index (χ3v) is 10.1. The Bertz CT molecular complexity index is 1780. The van der Waals surface area contributed by atoms with Crippen molar-refractivity contribution in [3.8, 4) is 0 Å². The number of aromatic nitrogens is 4. The predicted molar refractivity (Wildman–Crippen MR) is 193 cm³/mol. The maximum atomic E-state index is 12.2. The van der Waals surface area contributed by atoms with Crippen molar-refractivity contribution in [3.63, 3.8) is 0 Å². The van der Waals surface area contributed by atoms with E-state index in [1.165, 1.54) is 24.5 Å². The van der Waals surface area contributed by atoms with Crippen LogP contribution >= 0.6 is 23.5 Å². The van der Waals surface area contributed by atoms with Crippen molar-refractivity contribution in [2.24, 2.45) is 10.8 Å². The fraction of sp³-hybridized carbons (Fsp3) is 0.485. The maximum Gasteiger partial charge on any atom is 0.249 e. The Balaban J connectivity index is 0.000000290. The molecule has 0 saturated heterocycles. The lowest BCUT2D eigenvalue weighted by Crippen LogP contribution is -2.47. The van der Waals surface area contributed by atoms with Gasteiger partial charge in [0.2, 0.25) is 40.9 Å². The number of aliphatic hydroxyl groups excluding tert-OH is 4. The van der Waals surface area contributed by atoms with E-state index < -0.39 is 34.9 Å². The average molecular weight is 778 g/mol. The Morgan fingerprint density at radius 1 is 0.698 bits per heavy atom. The van der Waals surface area contributed by atoms with Gasteiger partial charge in [0.05, 0.1) is 46.5 Å². The van der Waals surface area contributed by atoms with Crippen LogP contribution in [0, 0.1) is 10.8 Å². The number of aromatic amines is 2. The second kappa shape index (κ2) is 19.0. The third-order valence-electron chi connectivity index (χ3n) is 8.02. The van der Waals surface area contributed by atoms with Crippen molar-refractivity contribution >= 4 is 64.4 Å². The van der Waals surface area contributed by atoms with Crippen LogP contribution < -0.4 is 16.0 Å². The molecule has 18 nitrogen and oxygen atoms in total. The van der Waals surface area contributed by atoms with Crippen LogP contribution in [0.2, 0.25) is 0 Å². The lowest BCUT2D eigenvalue weighted by atomic mass is 9.87. The van der Waals surface area contributed by atoms with Crippen molar-refractivity contribution < 1.29 is 54.0 Å². The lowest BCUT2D eigenvalue weighted by molar-refractivity contribution is -0.137. The van der Waals surface area contributed by atoms with E-state index in [1.807, 2.05) is 0 Å². The van der Waals surface area contributed by atoms with Crippen LogP contribution in [-0.2, 0) is 14.4 Å². The number of aliphatic hydroxyl groups is 4. The highest BCUT2D eigenvalue weighted by atomic mass is 32.2. The van der Waals surface area contributed by atoms with Crippen LogP contribution in [0.15, 0.2) is 34.4 Å². The third kappa shape index (κ3) is 11.3. The molecule has 2 atom stereocenters. The van der Waals surface area contributed by atoms with Gasteiger partial charge < -0.3 is 36.4 Å². The number of hydrogen-bond acceptors (Lipinski definition) is 15. The number of amides is 3. The highest BCUT2D eigenvalue weighted by Crippen LogP contribution is 2.28. The lowest BCUT2D eigenvalue weighted by Gasteiger charge is -2.27. The number of nitrogens with zero attached hydrogens (tertiary/aromatic N) is 2. The molecule has 0 spiro atoms. The number of nitrogens with one attached hydrogen (secondary N) is 5. The number of Topliss-reactive ketones (excluding diaryl/α,β-unsaturated/α-hetero) is 2. The molecule has 0 saturated carbocycles. The van der Waals surface area contributed by atoms with E-state index in [2.05, 4.69) is 36.3 Å².